The Hall–Kier alpha value is -0.380. The van der Waals surface area contributed by atoms with Crippen LogP contribution in [0.25, 0.3) is 0 Å². The zero-order chi connectivity index (χ0) is 10.1. The van der Waals surface area contributed by atoms with Crippen LogP contribution in [-0.2, 0) is 0 Å². The van der Waals surface area contributed by atoms with Crippen molar-refractivity contribution in [1.82, 2.24) is 0 Å². The van der Waals surface area contributed by atoms with Gasteiger partial charge < -0.3 is 10.8 Å². The molecule has 0 aromatic carbocycles. The molecule has 2 nitrogen and oxygen atoms in total. The van der Waals surface area contributed by atoms with Crippen LogP contribution in [-0.4, -0.2) is 10.6 Å². The third-order valence-corrected chi connectivity index (χ3v) is 2.91. The number of aryl methyl sites for hydroxylation is 1. The van der Waals surface area contributed by atoms with E-state index in [1.54, 1.807) is 11.3 Å². The fraction of sp³-hybridized carbons (Fsp3) is 0.600. The van der Waals surface area contributed by atoms with Gasteiger partial charge in [-0.3, -0.25) is 0 Å². The van der Waals surface area contributed by atoms with Gasteiger partial charge >= 0.3 is 0 Å². The monoisotopic (exact) mass is 199 g/mol. The highest BCUT2D eigenvalue weighted by Crippen LogP contribution is 2.27. The molecule has 13 heavy (non-hydrogen) atoms. The van der Waals surface area contributed by atoms with Crippen LogP contribution < -0.4 is 5.73 Å². The summed E-state index contributed by atoms with van der Waals surface area (Å²) in [6.07, 6.45) is 0.186. The highest BCUT2D eigenvalue weighted by molar-refractivity contribution is 7.12. The minimum Gasteiger partial charge on any atom is -0.388 e. The van der Waals surface area contributed by atoms with Crippen LogP contribution >= 0.6 is 11.3 Å². The van der Waals surface area contributed by atoms with E-state index in [0.717, 1.165) is 4.88 Å². The van der Waals surface area contributed by atoms with Crippen molar-refractivity contribution in [1.29, 1.82) is 0 Å². The van der Waals surface area contributed by atoms with Crippen molar-refractivity contribution in [3.8, 4) is 0 Å². The molecule has 3 N–H and O–H groups in total. The second-order valence-corrected chi connectivity index (χ2v) is 5.48. The van der Waals surface area contributed by atoms with Crippen molar-refractivity contribution < 1.29 is 5.11 Å². The van der Waals surface area contributed by atoms with Crippen LogP contribution in [0.2, 0.25) is 0 Å². The predicted molar refractivity (Wildman–Crippen MR) is 56.9 cm³/mol. The van der Waals surface area contributed by atoms with Crippen molar-refractivity contribution in [2.45, 2.75) is 38.8 Å². The Morgan fingerprint density at radius 1 is 1.54 bits per heavy atom. The molecule has 0 saturated carbocycles. The molecule has 74 valence electrons. The molecule has 1 aromatic heterocycles. The van der Waals surface area contributed by atoms with E-state index in [-0.39, 0.29) is 5.54 Å². The largest absolute Gasteiger partial charge is 0.388 e. The van der Waals surface area contributed by atoms with Gasteiger partial charge in [-0.05, 0) is 39.3 Å². The number of nitrogens with two attached hydrogens (primary N) is 1. The van der Waals surface area contributed by atoms with Gasteiger partial charge in [-0.25, -0.2) is 0 Å². The van der Waals surface area contributed by atoms with Crippen molar-refractivity contribution in [3.63, 3.8) is 0 Å². The molecule has 0 aliphatic rings. The highest BCUT2D eigenvalue weighted by atomic mass is 32.1. The molecule has 0 amide bonds. The number of aliphatic hydroxyl groups is 1. The van der Waals surface area contributed by atoms with E-state index in [1.807, 2.05) is 32.9 Å². The lowest BCUT2D eigenvalue weighted by atomic mass is 9.97. The molecule has 1 rings (SSSR count). The van der Waals surface area contributed by atoms with E-state index in [4.69, 9.17) is 5.73 Å². The zero-order valence-corrected chi connectivity index (χ0v) is 9.19. The van der Waals surface area contributed by atoms with Gasteiger partial charge in [0.05, 0.1) is 6.10 Å². The molecule has 0 aliphatic carbocycles. The first-order valence-electron chi connectivity index (χ1n) is 4.42. The van der Waals surface area contributed by atoms with Gasteiger partial charge in [-0.1, -0.05) is 0 Å². The molecule has 0 fully saturated rings. The van der Waals surface area contributed by atoms with E-state index in [1.165, 1.54) is 4.88 Å². The summed E-state index contributed by atoms with van der Waals surface area (Å²) in [5.41, 5.74) is 5.52. The summed E-state index contributed by atoms with van der Waals surface area (Å²) >= 11 is 1.63. The smallest absolute Gasteiger partial charge is 0.0899 e. The lowest BCUT2D eigenvalue weighted by molar-refractivity contribution is 0.145. The summed E-state index contributed by atoms with van der Waals surface area (Å²) in [5.74, 6) is 0. The topological polar surface area (TPSA) is 46.2 Å². The summed E-state index contributed by atoms with van der Waals surface area (Å²) in [4.78, 5) is 2.24. The van der Waals surface area contributed by atoms with Gasteiger partial charge in [0.1, 0.15) is 0 Å². The Bertz CT molecular complexity index is 275. The second kappa shape index (κ2) is 3.78. The van der Waals surface area contributed by atoms with Crippen molar-refractivity contribution in [2.75, 3.05) is 0 Å². The van der Waals surface area contributed by atoms with Gasteiger partial charge in [0, 0.05) is 15.3 Å². The number of hydrogen-bond acceptors (Lipinski definition) is 3. The summed E-state index contributed by atoms with van der Waals surface area (Å²) in [5, 5.41) is 9.80. The molecule has 1 aromatic rings. The zero-order valence-electron chi connectivity index (χ0n) is 8.37. The summed E-state index contributed by atoms with van der Waals surface area (Å²) in [6, 6.07) is 3.99. The van der Waals surface area contributed by atoms with Gasteiger partial charge in [0.25, 0.3) is 0 Å². The molecule has 1 atom stereocenters. The minimum absolute atomic E-state index is 0.308. The summed E-state index contributed by atoms with van der Waals surface area (Å²) in [6.45, 7) is 5.89. The standard InChI is InChI=1S/C10H17NOS/c1-7-4-5-9(13-7)8(12)6-10(2,3)11/h4-5,8,12H,6,11H2,1-3H3. The van der Waals surface area contributed by atoms with Crippen LogP contribution in [0.3, 0.4) is 0 Å². The average Bonchev–Trinajstić information content (AvgIpc) is 2.31. The SMILES string of the molecule is Cc1ccc(C(O)CC(C)(C)N)s1. The Balaban J connectivity index is 2.64. The van der Waals surface area contributed by atoms with Crippen molar-refractivity contribution in [3.05, 3.63) is 21.9 Å². The highest BCUT2D eigenvalue weighted by Gasteiger charge is 2.19. The normalized spacial score (nSPS) is 14.5. The van der Waals surface area contributed by atoms with Crippen LogP contribution in [0.1, 0.15) is 36.1 Å². The van der Waals surface area contributed by atoms with Gasteiger partial charge in [0.2, 0.25) is 0 Å². The molecule has 3 heteroatoms. The van der Waals surface area contributed by atoms with E-state index in [9.17, 15) is 5.11 Å². The maximum absolute atomic E-state index is 9.80. The first kappa shape index (κ1) is 10.7. The molecule has 0 spiro atoms. The Morgan fingerprint density at radius 3 is 2.54 bits per heavy atom. The van der Waals surface area contributed by atoms with Gasteiger partial charge in [0.15, 0.2) is 0 Å². The molecule has 0 radical (unpaired) electrons. The van der Waals surface area contributed by atoms with Crippen LogP contribution in [0.4, 0.5) is 0 Å². The van der Waals surface area contributed by atoms with Crippen LogP contribution in [0.15, 0.2) is 12.1 Å². The molecular weight excluding hydrogens is 182 g/mol. The molecule has 0 bridgehead atoms. The van der Waals surface area contributed by atoms with E-state index in [2.05, 4.69) is 0 Å². The molecule has 0 saturated heterocycles. The Morgan fingerprint density at radius 2 is 2.15 bits per heavy atom. The van der Waals surface area contributed by atoms with Crippen LogP contribution in [0, 0.1) is 6.92 Å². The van der Waals surface area contributed by atoms with Crippen molar-refractivity contribution >= 4 is 11.3 Å². The average molecular weight is 199 g/mol. The summed E-state index contributed by atoms with van der Waals surface area (Å²) < 4.78 is 0. The first-order chi connectivity index (χ1) is 5.88. The molecule has 0 aliphatic heterocycles. The van der Waals surface area contributed by atoms with Crippen molar-refractivity contribution in [2.24, 2.45) is 5.73 Å². The molecule has 1 heterocycles. The molecule has 1 unspecified atom stereocenters. The fourth-order valence-corrected chi connectivity index (χ4v) is 2.09. The fourth-order valence-electron chi connectivity index (χ4n) is 1.23. The maximum atomic E-state index is 9.80. The van der Waals surface area contributed by atoms with Crippen LogP contribution in [0.5, 0.6) is 0 Å². The number of rotatable bonds is 3. The van der Waals surface area contributed by atoms with Gasteiger partial charge in [-0.2, -0.15) is 0 Å². The number of aliphatic hydroxyl groups excluding tert-OH is 1. The third kappa shape index (κ3) is 3.46. The van der Waals surface area contributed by atoms with E-state index < -0.39 is 6.10 Å². The first-order valence-corrected chi connectivity index (χ1v) is 5.23. The number of hydrogen-bond donors (Lipinski definition) is 2. The second-order valence-electron chi connectivity index (χ2n) is 4.16. The quantitative estimate of drug-likeness (QED) is 0.784. The lowest BCUT2D eigenvalue weighted by Gasteiger charge is -2.21. The number of thiophene rings is 1. The van der Waals surface area contributed by atoms with E-state index >= 15 is 0 Å². The summed E-state index contributed by atoms with van der Waals surface area (Å²) in [7, 11) is 0. The minimum atomic E-state index is -0.418. The Labute approximate surface area is 83.4 Å². The maximum Gasteiger partial charge on any atom is 0.0899 e. The lowest BCUT2D eigenvalue weighted by Crippen LogP contribution is -2.33. The third-order valence-electron chi connectivity index (χ3n) is 1.81. The van der Waals surface area contributed by atoms with E-state index in [0.29, 0.717) is 6.42 Å². The van der Waals surface area contributed by atoms with Gasteiger partial charge in [-0.15, -0.1) is 11.3 Å². The molecular formula is C10H17NOS. The Kier molecular flexibility index (Phi) is 3.11. The predicted octanol–water partition coefficient (Wildman–Crippen LogP) is 2.22.